The molecule has 3 atom stereocenters. The first kappa shape index (κ1) is 11.3. The van der Waals surface area contributed by atoms with E-state index in [1.54, 1.807) is 4.68 Å². The van der Waals surface area contributed by atoms with Crippen molar-refractivity contribution >= 4 is 17.0 Å². The summed E-state index contributed by atoms with van der Waals surface area (Å²) in [6, 6.07) is -0.0172. The molecule has 0 aromatic carbocycles. The molecule has 0 saturated heterocycles. The Hall–Kier alpha value is -1.80. The van der Waals surface area contributed by atoms with E-state index in [4.69, 9.17) is 10.8 Å². The van der Waals surface area contributed by atoms with Crippen LogP contribution >= 0.6 is 0 Å². The van der Waals surface area contributed by atoms with E-state index in [2.05, 4.69) is 20.3 Å². The molecule has 1 aliphatic carbocycles. The van der Waals surface area contributed by atoms with Crippen LogP contribution in [0.25, 0.3) is 11.2 Å². The second-order valence-corrected chi connectivity index (χ2v) is 4.60. The number of nitrogen functional groups attached to an aromatic ring is 1. The number of nitrogens with two attached hydrogens (primary N) is 1. The number of nitrogens with zero attached hydrogens (tertiary/aromatic N) is 5. The topological polar surface area (TPSA) is 123 Å². The Bertz CT molecular complexity index is 570. The van der Waals surface area contributed by atoms with Crippen molar-refractivity contribution in [2.45, 2.75) is 25.0 Å². The van der Waals surface area contributed by atoms with Gasteiger partial charge in [0.2, 0.25) is 0 Å². The average Bonchev–Trinajstić information content (AvgIpc) is 2.93. The van der Waals surface area contributed by atoms with Gasteiger partial charge >= 0.3 is 0 Å². The Morgan fingerprint density at radius 1 is 1.39 bits per heavy atom. The number of aliphatic hydroxyl groups excluding tert-OH is 2. The van der Waals surface area contributed by atoms with Crippen LogP contribution in [0.15, 0.2) is 6.33 Å². The third kappa shape index (κ3) is 1.61. The van der Waals surface area contributed by atoms with E-state index in [0.29, 0.717) is 29.8 Å². The van der Waals surface area contributed by atoms with Gasteiger partial charge in [0.05, 0.1) is 12.1 Å². The lowest BCUT2D eigenvalue weighted by molar-refractivity contribution is 0.0906. The minimum absolute atomic E-state index is 0.0172. The summed E-state index contributed by atoms with van der Waals surface area (Å²) in [7, 11) is 0. The number of hydrogen-bond acceptors (Lipinski definition) is 7. The molecular weight excluding hydrogens is 236 g/mol. The molecule has 2 aromatic heterocycles. The summed E-state index contributed by atoms with van der Waals surface area (Å²) in [5, 5.41) is 27.0. The molecule has 0 bridgehead atoms. The fraction of sp³-hybridized carbons (Fsp3) is 0.600. The van der Waals surface area contributed by atoms with Gasteiger partial charge in [0, 0.05) is 12.5 Å². The van der Waals surface area contributed by atoms with E-state index in [1.165, 1.54) is 6.33 Å². The van der Waals surface area contributed by atoms with Crippen LogP contribution in [0, 0.1) is 5.92 Å². The molecule has 8 heteroatoms. The van der Waals surface area contributed by atoms with Gasteiger partial charge in [-0.25, -0.2) is 14.6 Å². The van der Waals surface area contributed by atoms with Gasteiger partial charge in [0.15, 0.2) is 17.0 Å². The molecule has 0 spiro atoms. The van der Waals surface area contributed by atoms with Crippen LogP contribution in [0.5, 0.6) is 0 Å². The molecule has 3 rings (SSSR count). The fourth-order valence-corrected chi connectivity index (χ4v) is 2.50. The lowest BCUT2D eigenvalue weighted by atomic mass is 10.1. The molecule has 0 amide bonds. The van der Waals surface area contributed by atoms with E-state index in [9.17, 15) is 5.11 Å². The first-order valence-corrected chi connectivity index (χ1v) is 5.81. The summed E-state index contributed by atoms with van der Waals surface area (Å²) in [6.45, 7) is -0.0264. The molecule has 8 nitrogen and oxygen atoms in total. The molecule has 96 valence electrons. The summed E-state index contributed by atoms with van der Waals surface area (Å²) in [5.74, 6) is 0.178. The zero-order valence-corrected chi connectivity index (χ0v) is 9.64. The van der Waals surface area contributed by atoms with E-state index >= 15 is 0 Å². The summed E-state index contributed by atoms with van der Waals surface area (Å²) in [4.78, 5) is 7.98. The quantitative estimate of drug-likeness (QED) is 0.631. The van der Waals surface area contributed by atoms with Gasteiger partial charge in [-0.3, -0.25) is 0 Å². The standard InChI is InChI=1S/C10H14N6O2/c11-9-8-10(13-4-12-9)16(15-14-8)6-1-5(3-17)7(18)2-6/h4-7,17-18H,1-3H2,(H2,11,12,13)/t5-,6-,7+/m1/s1. The third-order valence-corrected chi connectivity index (χ3v) is 3.50. The number of rotatable bonds is 2. The highest BCUT2D eigenvalue weighted by molar-refractivity contribution is 5.80. The average molecular weight is 250 g/mol. The Kier molecular flexibility index (Phi) is 2.60. The molecule has 4 N–H and O–H groups in total. The van der Waals surface area contributed by atoms with Gasteiger partial charge in [-0.1, -0.05) is 5.21 Å². The van der Waals surface area contributed by atoms with Crippen molar-refractivity contribution in [1.29, 1.82) is 0 Å². The van der Waals surface area contributed by atoms with Gasteiger partial charge in [0.25, 0.3) is 0 Å². The molecule has 0 radical (unpaired) electrons. The van der Waals surface area contributed by atoms with Crippen LogP contribution in [0.3, 0.4) is 0 Å². The smallest absolute Gasteiger partial charge is 0.184 e. The summed E-state index contributed by atoms with van der Waals surface area (Å²) in [5.41, 5.74) is 6.73. The molecule has 18 heavy (non-hydrogen) atoms. The third-order valence-electron chi connectivity index (χ3n) is 3.50. The van der Waals surface area contributed by atoms with Crippen molar-refractivity contribution in [3.05, 3.63) is 6.33 Å². The Labute approximate surface area is 102 Å². The Morgan fingerprint density at radius 2 is 2.22 bits per heavy atom. The lowest BCUT2D eigenvalue weighted by Crippen LogP contribution is -2.16. The van der Waals surface area contributed by atoms with Crippen LogP contribution in [-0.4, -0.2) is 47.9 Å². The van der Waals surface area contributed by atoms with Crippen LogP contribution in [0.1, 0.15) is 18.9 Å². The Morgan fingerprint density at radius 3 is 2.94 bits per heavy atom. The zero-order valence-electron chi connectivity index (χ0n) is 9.64. The van der Waals surface area contributed by atoms with Crippen molar-refractivity contribution in [2.24, 2.45) is 5.92 Å². The predicted octanol–water partition coefficient (Wildman–Crippen LogP) is -0.892. The number of fused-ring (bicyclic) bond motifs is 1. The van der Waals surface area contributed by atoms with Crippen LogP contribution in [-0.2, 0) is 0 Å². The molecule has 0 aliphatic heterocycles. The van der Waals surface area contributed by atoms with Gasteiger partial charge in [-0.2, -0.15) is 0 Å². The maximum Gasteiger partial charge on any atom is 0.184 e. The lowest BCUT2D eigenvalue weighted by Gasteiger charge is -2.09. The number of aliphatic hydroxyl groups is 2. The van der Waals surface area contributed by atoms with Crippen LogP contribution < -0.4 is 5.73 Å². The molecule has 0 unspecified atom stereocenters. The Balaban J connectivity index is 1.99. The van der Waals surface area contributed by atoms with Crippen LogP contribution in [0.2, 0.25) is 0 Å². The molecular formula is C10H14N6O2. The van der Waals surface area contributed by atoms with E-state index in [-0.39, 0.29) is 18.6 Å². The highest BCUT2D eigenvalue weighted by Gasteiger charge is 2.35. The van der Waals surface area contributed by atoms with Gasteiger partial charge in [0.1, 0.15) is 6.33 Å². The molecule has 1 aliphatic rings. The molecule has 2 aromatic rings. The van der Waals surface area contributed by atoms with Gasteiger partial charge in [-0.05, 0) is 12.8 Å². The minimum atomic E-state index is -0.515. The number of anilines is 1. The maximum absolute atomic E-state index is 9.81. The second-order valence-electron chi connectivity index (χ2n) is 4.60. The summed E-state index contributed by atoms with van der Waals surface area (Å²) in [6.07, 6.45) is 2.04. The molecule has 1 saturated carbocycles. The van der Waals surface area contributed by atoms with Crippen molar-refractivity contribution < 1.29 is 10.2 Å². The highest BCUT2D eigenvalue weighted by atomic mass is 16.3. The number of hydrogen-bond donors (Lipinski definition) is 3. The predicted molar refractivity (Wildman–Crippen MR) is 62.4 cm³/mol. The van der Waals surface area contributed by atoms with Crippen molar-refractivity contribution in [1.82, 2.24) is 25.0 Å². The SMILES string of the molecule is Nc1ncnc2c1nnn2[C@@H]1C[C@H](CO)[C@@H](O)C1. The van der Waals surface area contributed by atoms with E-state index in [1.807, 2.05) is 0 Å². The highest BCUT2D eigenvalue weighted by Crippen LogP contribution is 2.35. The largest absolute Gasteiger partial charge is 0.396 e. The molecule has 1 fully saturated rings. The second kappa shape index (κ2) is 4.14. The summed E-state index contributed by atoms with van der Waals surface area (Å²) < 4.78 is 1.66. The van der Waals surface area contributed by atoms with E-state index in [0.717, 1.165) is 0 Å². The minimum Gasteiger partial charge on any atom is -0.396 e. The van der Waals surface area contributed by atoms with Gasteiger partial charge < -0.3 is 15.9 Å². The zero-order chi connectivity index (χ0) is 12.7. The fourth-order valence-electron chi connectivity index (χ4n) is 2.50. The van der Waals surface area contributed by atoms with Crippen LogP contribution in [0.4, 0.5) is 5.82 Å². The maximum atomic E-state index is 9.81. The van der Waals surface area contributed by atoms with E-state index < -0.39 is 6.10 Å². The number of aromatic nitrogens is 5. The first-order valence-electron chi connectivity index (χ1n) is 5.81. The van der Waals surface area contributed by atoms with Crippen molar-refractivity contribution in [2.75, 3.05) is 12.3 Å². The monoisotopic (exact) mass is 250 g/mol. The van der Waals surface area contributed by atoms with Crippen molar-refractivity contribution in [3.8, 4) is 0 Å². The summed E-state index contributed by atoms with van der Waals surface area (Å²) >= 11 is 0. The van der Waals surface area contributed by atoms with Crippen molar-refractivity contribution in [3.63, 3.8) is 0 Å². The normalized spacial score (nSPS) is 28.0. The first-order chi connectivity index (χ1) is 8.70. The molecule has 2 heterocycles. The van der Waals surface area contributed by atoms with Gasteiger partial charge in [-0.15, -0.1) is 5.10 Å².